The molecule has 3 heteroatoms. The van der Waals surface area contributed by atoms with E-state index in [2.05, 4.69) is 37.0 Å². The summed E-state index contributed by atoms with van der Waals surface area (Å²) in [5, 5.41) is 1.03. The Morgan fingerprint density at radius 1 is 1.13 bits per heavy atom. The first-order valence-corrected chi connectivity index (χ1v) is 8.33. The van der Waals surface area contributed by atoms with Crippen LogP contribution in [0.2, 0.25) is 0 Å². The van der Waals surface area contributed by atoms with E-state index in [-0.39, 0.29) is 5.78 Å². The Morgan fingerprint density at radius 3 is 2.61 bits per heavy atom. The maximum Gasteiger partial charge on any atom is 0.229 e. The molecule has 0 saturated carbocycles. The number of aromatic amines is 1. The number of benzene rings is 1. The van der Waals surface area contributed by atoms with E-state index in [0.29, 0.717) is 6.54 Å². The Balaban J connectivity index is 1.83. The average molecular weight is 307 g/mol. The summed E-state index contributed by atoms with van der Waals surface area (Å²) in [6.45, 7) is 4.67. The smallest absolute Gasteiger partial charge is 0.229 e. The topological polar surface area (TPSA) is 36.7 Å². The lowest BCUT2D eigenvalue weighted by atomic mass is 10.0. The highest BCUT2D eigenvalue weighted by Gasteiger charge is 2.17. The van der Waals surface area contributed by atoms with Gasteiger partial charge in [-0.15, -0.1) is 0 Å². The van der Waals surface area contributed by atoms with Crippen LogP contribution in [0.1, 0.15) is 41.8 Å². The fourth-order valence-corrected chi connectivity index (χ4v) is 3.04. The number of fused-ring (bicyclic) bond motifs is 1. The van der Waals surface area contributed by atoms with Crippen molar-refractivity contribution < 1.29 is 9.36 Å². The molecular weight excluding hydrogens is 284 g/mol. The van der Waals surface area contributed by atoms with Gasteiger partial charge >= 0.3 is 0 Å². The molecule has 0 fully saturated rings. The molecule has 0 bridgehead atoms. The molecule has 0 amide bonds. The second-order valence-electron chi connectivity index (χ2n) is 5.95. The molecule has 1 aromatic carbocycles. The third-order valence-electron chi connectivity index (χ3n) is 4.31. The van der Waals surface area contributed by atoms with Gasteiger partial charge in [0.25, 0.3) is 0 Å². The molecule has 3 aromatic rings. The summed E-state index contributed by atoms with van der Waals surface area (Å²) in [7, 11) is 0. The van der Waals surface area contributed by atoms with Crippen molar-refractivity contribution in [2.24, 2.45) is 0 Å². The zero-order chi connectivity index (χ0) is 16.2. The van der Waals surface area contributed by atoms with Crippen molar-refractivity contribution in [3.63, 3.8) is 0 Å². The summed E-state index contributed by atoms with van der Waals surface area (Å²) in [5.74, 6) is 0.137. The van der Waals surface area contributed by atoms with Crippen molar-refractivity contribution in [2.75, 3.05) is 0 Å². The fourth-order valence-electron chi connectivity index (χ4n) is 3.04. The zero-order valence-corrected chi connectivity index (χ0v) is 13.8. The molecule has 0 atom stereocenters. The van der Waals surface area contributed by atoms with Gasteiger partial charge < -0.3 is 4.98 Å². The van der Waals surface area contributed by atoms with Gasteiger partial charge in [0, 0.05) is 34.8 Å². The summed E-state index contributed by atoms with van der Waals surface area (Å²) in [4.78, 5) is 15.9. The van der Waals surface area contributed by atoms with E-state index < -0.39 is 0 Å². The van der Waals surface area contributed by atoms with Crippen LogP contribution in [-0.2, 0) is 19.4 Å². The lowest BCUT2D eigenvalue weighted by Crippen LogP contribution is -2.37. The lowest BCUT2D eigenvalue weighted by Gasteiger charge is -2.01. The molecule has 0 spiro atoms. The number of pyridine rings is 1. The molecule has 23 heavy (non-hydrogen) atoms. The van der Waals surface area contributed by atoms with Crippen LogP contribution in [0.15, 0.2) is 48.9 Å². The van der Waals surface area contributed by atoms with Crippen LogP contribution >= 0.6 is 0 Å². The maximum absolute atomic E-state index is 12.7. The third kappa shape index (κ3) is 3.19. The van der Waals surface area contributed by atoms with Crippen LogP contribution in [0.5, 0.6) is 0 Å². The van der Waals surface area contributed by atoms with Crippen molar-refractivity contribution >= 4 is 16.7 Å². The average Bonchev–Trinajstić information content (AvgIpc) is 3.01. The van der Waals surface area contributed by atoms with Crippen LogP contribution in [0, 0.1) is 0 Å². The summed E-state index contributed by atoms with van der Waals surface area (Å²) in [6.07, 6.45) is 9.01. The number of hydrogen-bond acceptors (Lipinski definition) is 1. The number of hydrogen-bond donors (Lipinski definition) is 1. The van der Waals surface area contributed by atoms with Gasteiger partial charge in [0.1, 0.15) is 0 Å². The minimum absolute atomic E-state index is 0.137. The van der Waals surface area contributed by atoms with Crippen molar-refractivity contribution in [1.82, 2.24) is 4.98 Å². The van der Waals surface area contributed by atoms with Crippen LogP contribution in [-0.4, -0.2) is 10.8 Å². The third-order valence-corrected chi connectivity index (χ3v) is 4.31. The number of aromatic nitrogens is 2. The first kappa shape index (κ1) is 15.5. The van der Waals surface area contributed by atoms with Gasteiger partial charge in [0.15, 0.2) is 12.4 Å². The molecule has 0 aliphatic heterocycles. The first-order chi connectivity index (χ1) is 11.2. The highest BCUT2D eigenvalue weighted by atomic mass is 16.1. The Kier molecular flexibility index (Phi) is 4.56. The Hall–Kier alpha value is -2.42. The van der Waals surface area contributed by atoms with Crippen LogP contribution in [0.25, 0.3) is 10.9 Å². The van der Waals surface area contributed by atoms with Crippen LogP contribution < -0.4 is 4.57 Å². The van der Waals surface area contributed by atoms with Crippen molar-refractivity contribution in [3.05, 3.63) is 65.6 Å². The number of rotatable bonds is 6. The van der Waals surface area contributed by atoms with E-state index in [1.54, 1.807) is 0 Å². The van der Waals surface area contributed by atoms with Crippen molar-refractivity contribution in [1.29, 1.82) is 0 Å². The summed E-state index contributed by atoms with van der Waals surface area (Å²) < 4.78 is 1.95. The van der Waals surface area contributed by atoms with Gasteiger partial charge in [-0.05, 0) is 24.0 Å². The molecule has 0 unspecified atom stereocenters. The fraction of sp³-hybridized carbons (Fsp3) is 0.300. The molecule has 0 aliphatic rings. The van der Waals surface area contributed by atoms with Crippen LogP contribution in [0.4, 0.5) is 0 Å². The van der Waals surface area contributed by atoms with Crippen molar-refractivity contribution in [3.8, 4) is 0 Å². The summed E-state index contributed by atoms with van der Waals surface area (Å²) in [5.41, 5.74) is 4.43. The number of aryl methyl sites for hydroxylation is 2. The lowest BCUT2D eigenvalue weighted by molar-refractivity contribution is -0.683. The molecule has 118 valence electrons. The minimum Gasteiger partial charge on any atom is -0.360 e. The Morgan fingerprint density at radius 2 is 1.91 bits per heavy atom. The molecule has 0 radical (unpaired) electrons. The summed E-state index contributed by atoms with van der Waals surface area (Å²) >= 11 is 0. The number of Topliss-reactive ketones (excluding diaryl/α,β-unsaturated/α-hetero) is 1. The van der Waals surface area contributed by atoms with Crippen molar-refractivity contribution in [2.45, 2.75) is 39.7 Å². The SMILES string of the molecule is CCCc1cc[n+](CC(=O)c2c[nH]c3c(CC)cccc23)cc1. The molecule has 3 nitrogen and oxygen atoms in total. The Labute approximate surface area is 137 Å². The van der Waals surface area contributed by atoms with E-state index >= 15 is 0 Å². The number of nitrogens with one attached hydrogen (secondary N) is 1. The number of para-hydroxylation sites is 1. The predicted octanol–water partition coefficient (Wildman–Crippen LogP) is 3.85. The minimum atomic E-state index is 0.137. The quantitative estimate of drug-likeness (QED) is 0.545. The van der Waals surface area contributed by atoms with Gasteiger partial charge in [-0.3, -0.25) is 4.79 Å². The highest BCUT2D eigenvalue weighted by molar-refractivity contribution is 6.07. The predicted molar refractivity (Wildman–Crippen MR) is 92.6 cm³/mol. The highest BCUT2D eigenvalue weighted by Crippen LogP contribution is 2.22. The van der Waals surface area contributed by atoms with E-state index in [0.717, 1.165) is 35.7 Å². The molecule has 0 saturated heterocycles. The number of carbonyl (C=O) groups is 1. The second-order valence-corrected chi connectivity index (χ2v) is 5.95. The number of carbonyl (C=O) groups excluding carboxylic acids is 1. The standard InChI is InChI=1S/C20H22N2O/c1-3-6-15-9-11-22(12-10-15)14-19(23)18-13-21-20-16(4-2)7-5-8-17(18)20/h5,7-13H,3-4,6,14H2,1-2H3/p+1. The van der Waals surface area contributed by atoms with Gasteiger partial charge in [-0.1, -0.05) is 38.5 Å². The maximum atomic E-state index is 12.7. The summed E-state index contributed by atoms with van der Waals surface area (Å²) in [6, 6.07) is 10.3. The molecule has 3 rings (SSSR count). The normalized spacial score (nSPS) is 11.0. The number of H-pyrrole nitrogens is 1. The molecule has 2 heterocycles. The first-order valence-electron chi connectivity index (χ1n) is 8.33. The van der Waals surface area contributed by atoms with E-state index in [1.165, 1.54) is 11.1 Å². The van der Waals surface area contributed by atoms with Gasteiger partial charge in [0.2, 0.25) is 12.3 Å². The zero-order valence-electron chi connectivity index (χ0n) is 13.8. The largest absolute Gasteiger partial charge is 0.360 e. The molecular formula is C20H23N2O+. The van der Waals surface area contributed by atoms with Crippen LogP contribution in [0.3, 0.4) is 0 Å². The monoisotopic (exact) mass is 307 g/mol. The molecule has 1 N–H and O–H groups in total. The number of nitrogens with zero attached hydrogens (tertiary/aromatic N) is 1. The van der Waals surface area contributed by atoms with Gasteiger partial charge in [-0.2, -0.15) is 4.57 Å². The van der Waals surface area contributed by atoms with Gasteiger partial charge in [0.05, 0.1) is 0 Å². The van der Waals surface area contributed by atoms with E-state index in [9.17, 15) is 4.79 Å². The van der Waals surface area contributed by atoms with Gasteiger partial charge in [-0.25, -0.2) is 0 Å². The second kappa shape index (κ2) is 6.78. The Bertz CT molecular complexity index is 815. The number of ketones is 1. The molecule has 0 aliphatic carbocycles. The molecule has 2 aromatic heterocycles. The van der Waals surface area contributed by atoms with E-state index in [4.69, 9.17) is 0 Å². The van der Waals surface area contributed by atoms with E-state index in [1.807, 2.05) is 35.3 Å².